The molecule has 0 saturated heterocycles. The van der Waals surface area contributed by atoms with Crippen LogP contribution < -0.4 is 0 Å². The summed E-state index contributed by atoms with van der Waals surface area (Å²) >= 11 is 0. The van der Waals surface area contributed by atoms with Crippen LogP contribution in [0, 0.1) is 0 Å². The van der Waals surface area contributed by atoms with Gasteiger partial charge in [0.25, 0.3) is 0 Å². The number of esters is 3. The highest BCUT2D eigenvalue weighted by molar-refractivity contribution is 5.91. The quantitative estimate of drug-likeness (QED) is 0.133. The van der Waals surface area contributed by atoms with E-state index in [0.717, 1.165) is 51.4 Å². The molecule has 0 bridgehead atoms. The van der Waals surface area contributed by atoms with Crippen LogP contribution in [0.5, 0.6) is 0 Å². The smallest absolute Gasteiger partial charge is 0.389 e. The molecule has 2 N–H and O–H groups in total. The summed E-state index contributed by atoms with van der Waals surface area (Å²) in [5.41, 5.74) is 0. The van der Waals surface area contributed by atoms with E-state index < -0.39 is 36.4 Å². The SMILES string of the molecule is CCCCCCCCCC(=O)OC(=O)C(O)(CO)OC(=O)C(CCCCCC)OCC. The summed E-state index contributed by atoms with van der Waals surface area (Å²) in [7, 11) is 0. The van der Waals surface area contributed by atoms with Crippen molar-refractivity contribution < 1.29 is 38.8 Å². The van der Waals surface area contributed by atoms with Crippen LogP contribution in [0.15, 0.2) is 0 Å². The van der Waals surface area contributed by atoms with E-state index in [4.69, 9.17) is 9.47 Å². The first-order valence-corrected chi connectivity index (χ1v) is 11.8. The van der Waals surface area contributed by atoms with E-state index in [-0.39, 0.29) is 13.0 Å². The van der Waals surface area contributed by atoms with Crippen molar-refractivity contribution in [1.82, 2.24) is 0 Å². The van der Waals surface area contributed by atoms with E-state index in [1.165, 1.54) is 6.42 Å². The maximum atomic E-state index is 12.4. The van der Waals surface area contributed by atoms with Crippen molar-refractivity contribution in [2.45, 2.75) is 116 Å². The second kappa shape index (κ2) is 18.1. The Morgan fingerprint density at radius 2 is 1.39 bits per heavy atom. The highest BCUT2D eigenvalue weighted by Crippen LogP contribution is 2.17. The fourth-order valence-electron chi connectivity index (χ4n) is 3.06. The normalized spacial score (nSPS) is 14.0. The van der Waals surface area contributed by atoms with E-state index in [1.54, 1.807) is 6.92 Å². The van der Waals surface area contributed by atoms with Crippen molar-refractivity contribution in [3.05, 3.63) is 0 Å². The average Bonchev–Trinajstić information content (AvgIpc) is 2.74. The third-order valence-electron chi connectivity index (χ3n) is 4.94. The third kappa shape index (κ3) is 13.5. The monoisotopic (exact) mass is 446 g/mol. The summed E-state index contributed by atoms with van der Waals surface area (Å²) in [5, 5.41) is 19.7. The topological polar surface area (TPSA) is 119 Å². The van der Waals surface area contributed by atoms with Crippen molar-refractivity contribution in [3.8, 4) is 0 Å². The van der Waals surface area contributed by atoms with Crippen LogP contribution >= 0.6 is 0 Å². The molecule has 0 fully saturated rings. The summed E-state index contributed by atoms with van der Waals surface area (Å²) in [6.07, 6.45) is 10.1. The van der Waals surface area contributed by atoms with E-state index in [0.29, 0.717) is 19.3 Å². The second-order valence-electron chi connectivity index (χ2n) is 7.79. The minimum atomic E-state index is -2.94. The van der Waals surface area contributed by atoms with Gasteiger partial charge >= 0.3 is 23.7 Å². The van der Waals surface area contributed by atoms with Crippen LogP contribution in [0.1, 0.15) is 104 Å². The Bertz CT molecular complexity index is 508. The van der Waals surface area contributed by atoms with Gasteiger partial charge in [-0.3, -0.25) is 4.79 Å². The molecule has 0 heterocycles. The molecule has 0 aromatic carbocycles. The first kappa shape index (κ1) is 29.5. The van der Waals surface area contributed by atoms with Crippen LogP contribution in [-0.4, -0.2) is 53.2 Å². The van der Waals surface area contributed by atoms with Crippen molar-refractivity contribution in [1.29, 1.82) is 0 Å². The largest absolute Gasteiger partial charge is 0.417 e. The van der Waals surface area contributed by atoms with E-state index >= 15 is 0 Å². The molecule has 0 rings (SSSR count). The first-order chi connectivity index (χ1) is 14.8. The molecule has 0 radical (unpaired) electrons. The lowest BCUT2D eigenvalue weighted by Crippen LogP contribution is -2.50. The van der Waals surface area contributed by atoms with E-state index in [1.807, 2.05) is 0 Å². The average molecular weight is 447 g/mol. The number of rotatable bonds is 19. The Kier molecular flexibility index (Phi) is 17.2. The number of carbonyl (C=O) groups is 3. The van der Waals surface area contributed by atoms with Crippen molar-refractivity contribution in [2.75, 3.05) is 13.2 Å². The molecular weight excluding hydrogens is 404 g/mol. The molecule has 2 unspecified atom stereocenters. The maximum absolute atomic E-state index is 12.4. The first-order valence-electron chi connectivity index (χ1n) is 11.8. The van der Waals surface area contributed by atoms with Gasteiger partial charge in [-0.1, -0.05) is 78.1 Å². The minimum absolute atomic E-state index is 0.00791. The zero-order valence-corrected chi connectivity index (χ0v) is 19.5. The molecule has 8 nitrogen and oxygen atoms in total. The van der Waals surface area contributed by atoms with Gasteiger partial charge < -0.3 is 24.4 Å². The number of carbonyl (C=O) groups excluding carboxylic acids is 3. The minimum Gasteiger partial charge on any atom is -0.417 e. The lowest BCUT2D eigenvalue weighted by molar-refractivity contribution is -0.241. The number of hydrogen-bond acceptors (Lipinski definition) is 8. The Morgan fingerprint density at radius 3 is 1.94 bits per heavy atom. The van der Waals surface area contributed by atoms with Gasteiger partial charge in [-0.2, -0.15) is 0 Å². The van der Waals surface area contributed by atoms with Gasteiger partial charge in [-0.15, -0.1) is 0 Å². The van der Waals surface area contributed by atoms with Gasteiger partial charge in [0.1, 0.15) is 6.61 Å². The van der Waals surface area contributed by atoms with Gasteiger partial charge in [0.05, 0.1) is 0 Å². The summed E-state index contributed by atoms with van der Waals surface area (Å²) < 4.78 is 14.8. The fourth-order valence-corrected chi connectivity index (χ4v) is 3.06. The summed E-state index contributed by atoms with van der Waals surface area (Å²) in [4.78, 5) is 36.4. The Labute approximate surface area is 186 Å². The molecule has 8 heteroatoms. The highest BCUT2D eigenvalue weighted by Gasteiger charge is 2.44. The van der Waals surface area contributed by atoms with Crippen molar-refractivity contribution in [3.63, 3.8) is 0 Å². The van der Waals surface area contributed by atoms with Crippen LogP contribution in [0.3, 0.4) is 0 Å². The molecule has 0 amide bonds. The molecule has 0 aromatic rings. The predicted molar refractivity (Wildman–Crippen MR) is 116 cm³/mol. The zero-order valence-electron chi connectivity index (χ0n) is 19.5. The molecule has 0 saturated carbocycles. The Morgan fingerprint density at radius 1 is 0.839 bits per heavy atom. The summed E-state index contributed by atoms with van der Waals surface area (Å²) in [6, 6.07) is 0. The van der Waals surface area contributed by atoms with E-state index in [9.17, 15) is 24.6 Å². The van der Waals surface area contributed by atoms with Crippen LogP contribution in [-0.2, 0) is 28.6 Å². The Hall–Kier alpha value is -1.51. The zero-order chi connectivity index (χ0) is 23.5. The molecule has 0 aromatic heterocycles. The number of hydrogen-bond donors (Lipinski definition) is 2. The third-order valence-corrected chi connectivity index (χ3v) is 4.94. The predicted octanol–water partition coefficient (Wildman–Crippen LogP) is 3.80. The number of ether oxygens (including phenoxy) is 3. The molecule has 2 atom stereocenters. The maximum Gasteiger partial charge on any atom is 0.389 e. The molecule has 0 aliphatic rings. The molecule has 31 heavy (non-hydrogen) atoms. The lowest BCUT2D eigenvalue weighted by atomic mass is 10.1. The number of aliphatic hydroxyl groups is 2. The van der Waals surface area contributed by atoms with Gasteiger partial charge in [0.15, 0.2) is 6.10 Å². The van der Waals surface area contributed by atoms with Gasteiger partial charge in [-0.05, 0) is 19.8 Å². The standard InChI is InChI=1S/C23H42O8/c1-4-7-9-11-12-13-15-17-20(25)30-22(27)23(28,18-24)31-21(26)19(29-6-3)16-14-10-8-5-2/h19,24,28H,4-18H2,1-3H3. The molecule has 0 aliphatic heterocycles. The van der Waals surface area contributed by atoms with Crippen LogP contribution in [0.2, 0.25) is 0 Å². The van der Waals surface area contributed by atoms with Gasteiger partial charge in [0, 0.05) is 13.0 Å². The highest BCUT2D eigenvalue weighted by atomic mass is 16.7. The Balaban J connectivity index is 4.55. The molecule has 182 valence electrons. The fraction of sp³-hybridized carbons (Fsp3) is 0.870. The second-order valence-corrected chi connectivity index (χ2v) is 7.79. The molecule has 0 aliphatic carbocycles. The molecular formula is C23H42O8. The van der Waals surface area contributed by atoms with Gasteiger partial charge in [-0.25, -0.2) is 9.59 Å². The van der Waals surface area contributed by atoms with E-state index in [2.05, 4.69) is 18.6 Å². The van der Waals surface area contributed by atoms with Crippen LogP contribution in [0.4, 0.5) is 0 Å². The van der Waals surface area contributed by atoms with Crippen molar-refractivity contribution >= 4 is 17.9 Å². The molecule has 0 spiro atoms. The van der Waals surface area contributed by atoms with Gasteiger partial charge in [0.2, 0.25) is 0 Å². The number of aliphatic hydroxyl groups excluding tert-OH is 1. The van der Waals surface area contributed by atoms with Crippen molar-refractivity contribution in [2.24, 2.45) is 0 Å². The summed E-state index contributed by atoms with van der Waals surface area (Å²) in [6.45, 7) is 4.93. The van der Waals surface area contributed by atoms with Crippen LogP contribution in [0.25, 0.3) is 0 Å². The summed E-state index contributed by atoms with van der Waals surface area (Å²) in [5.74, 6) is -6.25. The lowest BCUT2D eigenvalue weighted by Gasteiger charge is -2.25. The number of unbranched alkanes of at least 4 members (excludes halogenated alkanes) is 9.